The van der Waals surface area contributed by atoms with Crippen LogP contribution in [0, 0.1) is 5.92 Å². The average molecular weight is 210 g/mol. The molecule has 1 aromatic rings. The number of nitrogens with zero attached hydrogens (tertiary/aromatic N) is 3. The van der Waals surface area contributed by atoms with Crippen LogP contribution in [0.25, 0.3) is 0 Å². The number of aromatic nitrogens is 3. The summed E-state index contributed by atoms with van der Waals surface area (Å²) >= 11 is 0. The Kier molecular flexibility index (Phi) is 4.75. The summed E-state index contributed by atoms with van der Waals surface area (Å²) in [5.41, 5.74) is 0. The minimum Gasteiger partial charge on any atom is -0.317 e. The fourth-order valence-corrected chi connectivity index (χ4v) is 1.68. The highest BCUT2D eigenvalue weighted by molar-refractivity contribution is 4.89. The van der Waals surface area contributed by atoms with Crippen LogP contribution in [0.2, 0.25) is 0 Å². The summed E-state index contributed by atoms with van der Waals surface area (Å²) in [5, 5.41) is 11.5. The summed E-state index contributed by atoms with van der Waals surface area (Å²) in [6.07, 6.45) is 2.77. The lowest BCUT2D eigenvalue weighted by Crippen LogP contribution is -2.29. The number of rotatable bonds is 6. The lowest BCUT2D eigenvalue weighted by Gasteiger charge is -2.13. The van der Waals surface area contributed by atoms with Crippen LogP contribution in [-0.4, -0.2) is 27.4 Å². The Labute approximate surface area is 92.1 Å². The van der Waals surface area contributed by atoms with Crippen LogP contribution in [0.4, 0.5) is 0 Å². The second-order valence-corrected chi connectivity index (χ2v) is 4.46. The van der Waals surface area contributed by atoms with E-state index in [1.165, 1.54) is 0 Å². The smallest absolute Gasteiger partial charge is 0.134 e. The van der Waals surface area contributed by atoms with Gasteiger partial charge in [-0.05, 0) is 19.4 Å². The first-order valence-electron chi connectivity index (χ1n) is 5.73. The van der Waals surface area contributed by atoms with E-state index >= 15 is 0 Å². The van der Waals surface area contributed by atoms with Crippen LogP contribution in [-0.2, 0) is 13.0 Å². The molecular weight excluding hydrogens is 188 g/mol. The lowest BCUT2D eigenvalue weighted by molar-refractivity contribution is 0.483. The molecule has 1 heterocycles. The number of likely N-dealkylation sites (N-methyl/N-ethyl adjacent to an activating group) is 1. The van der Waals surface area contributed by atoms with Crippen molar-refractivity contribution in [3.63, 3.8) is 0 Å². The molecule has 1 rings (SSSR count). The third kappa shape index (κ3) is 4.00. The largest absolute Gasteiger partial charge is 0.317 e. The maximum absolute atomic E-state index is 4.16. The highest BCUT2D eigenvalue weighted by Gasteiger charge is 2.09. The first-order valence-corrected chi connectivity index (χ1v) is 5.73. The van der Waals surface area contributed by atoms with Gasteiger partial charge in [0, 0.05) is 19.0 Å². The van der Waals surface area contributed by atoms with Gasteiger partial charge in [0.15, 0.2) is 0 Å². The zero-order chi connectivity index (χ0) is 11.3. The Morgan fingerprint density at radius 1 is 1.40 bits per heavy atom. The molecular formula is C11H22N4. The monoisotopic (exact) mass is 210 g/mol. The zero-order valence-corrected chi connectivity index (χ0v) is 10.2. The third-order valence-electron chi connectivity index (χ3n) is 2.30. The van der Waals surface area contributed by atoms with E-state index in [2.05, 4.69) is 47.8 Å². The Morgan fingerprint density at radius 3 is 2.73 bits per heavy atom. The van der Waals surface area contributed by atoms with Gasteiger partial charge in [-0.3, -0.25) is 0 Å². The fraction of sp³-hybridized carbons (Fsp3) is 0.818. The van der Waals surface area contributed by atoms with Gasteiger partial charge in [-0.1, -0.05) is 20.8 Å². The van der Waals surface area contributed by atoms with Crippen molar-refractivity contribution in [1.29, 1.82) is 0 Å². The first kappa shape index (κ1) is 12.2. The first-order chi connectivity index (χ1) is 7.13. The van der Waals surface area contributed by atoms with Crippen molar-refractivity contribution in [2.45, 2.75) is 46.7 Å². The molecule has 0 amide bonds. The molecule has 1 aromatic heterocycles. The van der Waals surface area contributed by atoms with Gasteiger partial charge >= 0.3 is 0 Å². The Balaban J connectivity index is 2.56. The summed E-state index contributed by atoms with van der Waals surface area (Å²) in [5.74, 6) is 1.71. The van der Waals surface area contributed by atoms with Crippen molar-refractivity contribution >= 4 is 0 Å². The minimum absolute atomic E-state index is 0.463. The van der Waals surface area contributed by atoms with Crippen LogP contribution < -0.4 is 5.32 Å². The molecule has 1 atom stereocenters. The molecule has 0 fully saturated rings. The van der Waals surface area contributed by atoms with Crippen LogP contribution in [0.5, 0.6) is 0 Å². The molecule has 0 aliphatic rings. The summed E-state index contributed by atoms with van der Waals surface area (Å²) in [4.78, 5) is 0. The minimum atomic E-state index is 0.463. The normalized spacial score (nSPS) is 13.4. The average Bonchev–Trinajstić information content (AvgIpc) is 2.52. The second kappa shape index (κ2) is 5.85. The molecule has 0 bridgehead atoms. The molecule has 0 radical (unpaired) electrons. The van der Waals surface area contributed by atoms with E-state index in [0.717, 1.165) is 25.3 Å². The maximum atomic E-state index is 4.16. The van der Waals surface area contributed by atoms with Gasteiger partial charge in [-0.15, -0.1) is 10.2 Å². The highest BCUT2D eigenvalue weighted by atomic mass is 15.3. The van der Waals surface area contributed by atoms with Crippen molar-refractivity contribution in [2.75, 3.05) is 6.54 Å². The van der Waals surface area contributed by atoms with E-state index in [4.69, 9.17) is 0 Å². The van der Waals surface area contributed by atoms with Crippen molar-refractivity contribution in [3.05, 3.63) is 12.2 Å². The van der Waals surface area contributed by atoms with Gasteiger partial charge in [0.1, 0.15) is 12.2 Å². The molecule has 0 saturated heterocycles. The molecule has 4 nitrogen and oxygen atoms in total. The molecule has 0 aromatic carbocycles. The SMILES string of the molecule is CCNC(C)Cc1nncn1CC(C)C. The quantitative estimate of drug-likeness (QED) is 0.773. The highest BCUT2D eigenvalue weighted by Crippen LogP contribution is 2.04. The van der Waals surface area contributed by atoms with Crippen molar-refractivity contribution in [3.8, 4) is 0 Å². The van der Waals surface area contributed by atoms with E-state index in [-0.39, 0.29) is 0 Å². The van der Waals surface area contributed by atoms with Crippen LogP contribution in [0.1, 0.15) is 33.5 Å². The summed E-state index contributed by atoms with van der Waals surface area (Å²) in [6, 6.07) is 0.463. The predicted octanol–water partition coefficient (Wildman–Crippen LogP) is 1.47. The van der Waals surface area contributed by atoms with Gasteiger partial charge in [-0.25, -0.2) is 0 Å². The summed E-state index contributed by atoms with van der Waals surface area (Å²) in [7, 11) is 0. The summed E-state index contributed by atoms with van der Waals surface area (Å²) in [6.45, 7) is 10.7. The molecule has 0 aliphatic carbocycles. The molecule has 4 heteroatoms. The predicted molar refractivity (Wildman–Crippen MR) is 61.7 cm³/mol. The zero-order valence-electron chi connectivity index (χ0n) is 10.2. The standard InChI is InChI=1S/C11H22N4/c1-5-12-10(4)6-11-14-13-8-15(11)7-9(2)3/h8-10,12H,5-7H2,1-4H3. The Morgan fingerprint density at radius 2 is 2.13 bits per heavy atom. The van der Waals surface area contributed by atoms with E-state index in [0.29, 0.717) is 12.0 Å². The van der Waals surface area contributed by atoms with Crippen LogP contribution in [0.15, 0.2) is 6.33 Å². The van der Waals surface area contributed by atoms with Gasteiger partial charge in [0.05, 0.1) is 0 Å². The number of hydrogen-bond acceptors (Lipinski definition) is 3. The Bertz CT molecular complexity index is 280. The maximum Gasteiger partial charge on any atom is 0.134 e. The van der Waals surface area contributed by atoms with Gasteiger partial charge in [-0.2, -0.15) is 0 Å². The number of hydrogen-bond donors (Lipinski definition) is 1. The Hall–Kier alpha value is -0.900. The fourth-order valence-electron chi connectivity index (χ4n) is 1.68. The second-order valence-electron chi connectivity index (χ2n) is 4.46. The van der Waals surface area contributed by atoms with Crippen molar-refractivity contribution < 1.29 is 0 Å². The van der Waals surface area contributed by atoms with E-state index < -0.39 is 0 Å². The molecule has 1 unspecified atom stereocenters. The van der Waals surface area contributed by atoms with Crippen molar-refractivity contribution in [2.24, 2.45) is 5.92 Å². The molecule has 1 N–H and O–H groups in total. The van der Waals surface area contributed by atoms with Gasteiger partial charge in [0.25, 0.3) is 0 Å². The molecule has 86 valence electrons. The molecule has 0 aliphatic heterocycles. The molecule has 15 heavy (non-hydrogen) atoms. The van der Waals surface area contributed by atoms with Crippen molar-refractivity contribution in [1.82, 2.24) is 20.1 Å². The van der Waals surface area contributed by atoms with Crippen LogP contribution in [0.3, 0.4) is 0 Å². The van der Waals surface area contributed by atoms with Gasteiger partial charge < -0.3 is 9.88 Å². The van der Waals surface area contributed by atoms with E-state index in [1.807, 2.05) is 6.33 Å². The van der Waals surface area contributed by atoms with Crippen LogP contribution >= 0.6 is 0 Å². The van der Waals surface area contributed by atoms with E-state index in [9.17, 15) is 0 Å². The third-order valence-corrected chi connectivity index (χ3v) is 2.30. The topological polar surface area (TPSA) is 42.7 Å². The molecule has 0 saturated carbocycles. The summed E-state index contributed by atoms with van der Waals surface area (Å²) < 4.78 is 2.15. The number of nitrogens with one attached hydrogen (secondary N) is 1. The van der Waals surface area contributed by atoms with E-state index in [1.54, 1.807) is 0 Å². The lowest BCUT2D eigenvalue weighted by atomic mass is 10.2. The van der Waals surface area contributed by atoms with Gasteiger partial charge in [0.2, 0.25) is 0 Å². The molecule has 0 spiro atoms.